The quantitative estimate of drug-likeness (QED) is 0.128. The smallest absolute Gasteiger partial charge is 0.336 e. The predicted octanol–water partition coefficient (Wildman–Crippen LogP) is 4.35. The topological polar surface area (TPSA) is 150 Å². The SMILES string of the molecule is COC(=O)C1C(C)=NC(C)=C(C(=O)OCCCCCCNCC(O)COc2ccccc2)C1c1cccc([N+](=O)[O-])c1. The Hall–Kier alpha value is -4.09. The number of nitro benzene ring substituents is 1. The van der Waals surface area contributed by atoms with Crippen LogP contribution in [-0.2, 0) is 19.1 Å². The van der Waals surface area contributed by atoms with Gasteiger partial charge in [0.15, 0.2) is 0 Å². The van der Waals surface area contributed by atoms with Gasteiger partial charge in [-0.05, 0) is 50.9 Å². The molecule has 0 amide bonds. The van der Waals surface area contributed by atoms with E-state index < -0.39 is 34.8 Å². The van der Waals surface area contributed by atoms with Crippen LogP contribution < -0.4 is 10.1 Å². The van der Waals surface area contributed by atoms with Crippen molar-refractivity contribution in [1.29, 1.82) is 0 Å². The number of carbonyl (C=O) groups is 2. The van der Waals surface area contributed by atoms with Gasteiger partial charge in [0.2, 0.25) is 0 Å². The first kappa shape index (κ1) is 32.4. The number of ether oxygens (including phenoxy) is 3. The molecular weight excluding hydrogens is 542 g/mol. The maximum absolute atomic E-state index is 13.3. The molecule has 0 spiro atoms. The molecule has 0 aliphatic carbocycles. The van der Waals surface area contributed by atoms with Crippen LogP contribution in [0.15, 0.2) is 70.9 Å². The summed E-state index contributed by atoms with van der Waals surface area (Å²) in [5.41, 5.74) is 1.33. The van der Waals surface area contributed by atoms with Crippen molar-refractivity contribution in [2.75, 3.05) is 33.4 Å². The molecule has 0 bridgehead atoms. The number of esters is 2. The third kappa shape index (κ3) is 9.22. The highest BCUT2D eigenvalue weighted by molar-refractivity contribution is 6.07. The van der Waals surface area contributed by atoms with Crippen LogP contribution in [0, 0.1) is 16.0 Å². The normalized spacial score (nSPS) is 17.3. The van der Waals surface area contributed by atoms with E-state index in [4.69, 9.17) is 14.2 Å². The molecular formula is C31H39N3O8. The minimum absolute atomic E-state index is 0.147. The van der Waals surface area contributed by atoms with Crippen LogP contribution >= 0.6 is 0 Å². The van der Waals surface area contributed by atoms with Crippen LogP contribution in [0.2, 0.25) is 0 Å². The van der Waals surface area contributed by atoms with Gasteiger partial charge in [-0.3, -0.25) is 19.9 Å². The van der Waals surface area contributed by atoms with Crippen molar-refractivity contribution < 1.29 is 33.8 Å². The zero-order chi connectivity index (χ0) is 30.5. The Morgan fingerprint density at radius 1 is 1.07 bits per heavy atom. The average Bonchev–Trinajstić information content (AvgIpc) is 2.98. The molecule has 0 saturated heterocycles. The van der Waals surface area contributed by atoms with Gasteiger partial charge in [-0.15, -0.1) is 0 Å². The van der Waals surface area contributed by atoms with E-state index in [-0.39, 0.29) is 24.5 Å². The summed E-state index contributed by atoms with van der Waals surface area (Å²) >= 11 is 0. The van der Waals surface area contributed by atoms with Crippen LogP contribution in [0.1, 0.15) is 51.0 Å². The number of hydrogen-bond acceptors (Lipinski definition) is 10. The summed E-state index contributed by atoms with van der Waals surface area (Å²) in [6, 6.07) is 15.2. The molecule has 3 atom stereocenters. The van der Waals surface area contributed by atoms with Crippen LogP contribution in [0.3, 0.4) is 0 Å². The van der Waals surface area contributed by atoms with Crippen molar-refractivity contribution in [3.8, 4) is 5.75 Å². The predicted molar refractivity (Wildman–Crippen MR) is 157 cm³/mol. The van der Waals surface area contributed by atoms with Crippen molar-refractivity contribution in [3.05, 3.63) is 81.5 Å². The van der Waals surface area contributed by atoms with Crippen LogP contribution in [0.5, 0.6) is 5.75 Å². The number of aliphatic hydroxyl groups excluding tert-OH is 1. The van der Waals surface area contributed by atoms with E-state index in [1.807, 2.05) is 30.3 Å². The van der Waals surface area contributed by atoms with Crippen LogP contribution in [-0.4, -0.2) is 67.2 Å². The molecule has 3 rings (SSSR count). The zero-order valence-electron chi connectivity index (χ0n) is 24.3. The molecule has 3 unspecified atom stereocenters. The molecule has 0 fully saturated rings. The molecule has 11 heteroatoms. The third-order valence-electron chi connectivity index (χ3n) is 6.99. The molecule has 11 nitrogen and oxygen atoms in total. The number of nitro groups is 1. The summed E-state index contributed by atoms with van der Waals surface area (Å²) in [7, 11) is 1.25. The van der Waals surface area contributed by atoms with E-state index >= 15 is 0 Å². The van der Waals surface area contributed by atoms with Gasteiger partial charge >= 0.3 is 11.9 Å². The fourth-order valence-electron chi connectivity index (χ4n) is 4.91. The Kier molecular flexibility index (Phi) is 12.6. The number of unbranched alkanes of at least 4 members (excludes halogenated alkanes) is 3. The maximum atomic E-state index is 13.3. The first-order valence-corrected chi connectivity index (χ1v) is 14.0. The number of benzene rings is 2. The molecule has 1 aliphatic rings. The van der Waals surface area contributed by atoms with Gasteiger partial charge in [-0.2, -0.15) is 0 Å². The number of hydrogen-bond donors (Lipinski definition) is 2. The lowest BCUT2D eigenvalue weighted by atomic mass is 9.75. The summed E-state index contributed by atoms with van der Waals surface area (Å²) in [5, 5.41) is 24.7. The Labute approximate surface area is 245 Å². The molecule has 42 heavy (non-hydrogen) atoms. The van der Waals surface area contributed by atoms with Gasteiger partial charge in [-0.25, -0.2) is 4.79 Å². The van der Waals surface area contributed by atoms with Crippen molar-refractivity contribution in [2.24, 2.45) is 10.9 Å². The molecule has 2 N–H and O–H groups in total. The lowest BCUT2D eigenvalue weighted by Gasteiger charge is -2.31. The zero-order valence-corrected chi connectivity index (χ0v) is 24.3. The second kappa shape index (κ2) is 16.4. The minimum Gasteiger partial charge on any atom is -0.491 e. The number of nitrogens with one attached hydrogen (secondary N) is 1. The van der Waals surface area contributed by atoms with Gasteiger partial charge < -0.3 is 24.6 Å². The monoisotopic (exact) mass is 581 g/mol. The summed E-state index contributed by atoms with van der Waals surface area (Å²) in [6.07, 6.45) is 2.68. The number of methoxy groups -OCH3 is 1. The van der Waals surface area contributed by atoms with Crippen molar-refractivity contribution in [1.82, 2.24) is 5.32 Å². The van der Waals surface area contributed by atoms with Gasteiger partial charge in [0.05, 0.1) is 24.2 Å². The lowest BCUT2D eigenvalue weighted by molar-refractivity contribution is -0.384. The highest BCUT2D eigenvalue weighted by atomic mass is 16.6. The molecule has 1 aliphatic heterocycles. The van der Waals surface area contributed by atoms with Gasteiger partial charge in [0, 0.05) is 36.0 Å². The highest BCUT2D eigenvalue weighted by Gasteiger charge is 2.42. The van der Waals surface area contributed by atoms with E-state index in [0.29, 0.717) is 29.9 Å². The second-order valence-electron chi connectivity index (χ2n) is 10.1. The Balaban J connectivity index is 1.47. The Morgan fingerprint density at radius 2 is 1.81 bits per heavy atom. The van der Waals surface area contributed by atoms with Gasteiger partial charge in [0.25, 0.3) is 5.69 Å². The van der Waals surface area contributed by atoms with Gasteiger partial charge in [-0.1, -0.05) is 43.2 Å². The first-order chi connectivity index (χ1) is 20.2. The lowest BCUT2D eigenvalue weighted by Crippen LogP contribution is -2.36. The second-order valence-corrected chi connectivity index (χ2v) is 10.1. The van der Waals surface area contributed by atoms with E-state index in [2.05, 4.69) is 10.3 Å². The number of aliphatic hydroxyl groups is 1. The summed E-state index contributed by atoms with van der Waals surface area (Å²) in [6.45, 7) is 4.91. The molecule has 0 radical (unpaired) electrons. The molecule has 0 aromatic heterocycles. The first-order valence-electron chi connectivity index (χ1n) is 14.0. The largest absolute Gasteiger partial charge is 0.491 e. The summed E-state index contributed by atoms with van der Waals surface area (Å²) < 4.78 is 16.1. The summed E-state index contributed by atoms with van der Waals surface area (Å²) in [4.78, 5) is 41.3. The molecule has 2 aromatic carbocycles. The van der Waals surface area contributed by atoms with E-state index in [9.17, 15) is 24.8 Å². The number of rotatable bonds is 16. The average molecular weight is 582 g/mol. The highest BCUT2D eigenvalue weighted by Crippen LogP contribution is 2.41. The Morgan fingerprint density at radius 3 is 2.52 bits per heavy atom. The number of carbonyl (C=O) groups excluding carboxylic acids is 2. The van der Waals surface area contributed by atoms with E-state index in [1.54, 1.807) is 19.9 Å². The van der Waals surface area contributed by atoms with E-state index in [0.717, 1.165) is 31.6 Å². The third-order valence-corrected chi connectivity index (χ3v) is 6.99. The van der Waals surface area contributed by atoms with Crippen LogP contribution in [0.4, 0.5) is 5.69 Å². The van der Waals surface area contributed by atoms with E-state index in [1.165, 1.54) is 25.3 Å². The standard InChI is InChI=1S/C31H39N3O8/c1-21-27(30(36)40-3)29(23-12-11-13-24(18-23)34(38)39)28(22(2)33-21)31(37)41-17-10-5-4-9-16-32-19-25(35)20-42-26-14-7-6-8-15-26/h6-8,11-15,18,25,27,29,32,35H,4-5,9-10,16-17,19-20H2,1-3H3. The molecule has 1 heterocycles. The number of nitrogens with zero attached hydrogens (tertiary/aromatic N) is 2. The maximum Gasteiger partial charge on any atom is 0.336 e. The molecule has 2 aromatic rings. The number of aliphatic imine (C=N–C) groups is 1. The van der Waals surface area contributed by atoms with Crippen LogP contribution in [0.25, 0.3) is 0 Å². The van der Waals surface area contributed by atoms with Gasteiger partial charge in [0.1, 0.15) is 24.4 Å². The Bertz CT molecular complexity index is 1280. The number of para-hydroxylation sites is 1. The fraction of sp³-hybridized carbons (Fsp3) is 0.452. The van der Waals surface area contributed by atoms with Crippen molar-refractivity contribution in [3.63, 3.8) is 0 Å². The molecule has 226 valence electrons. The number of non-ortho nitro benzene ring substituents is 1. The number of allylic oxidation sites excluding steroid dienone is 1. The molecule has 0 saturated carbocycles. The summed E-state index contributed by atoms with van der Waals surface area (Å²) in [5.74, 6) is -2.23. The van der Waals surface area contributed by atoms with Crippen molar-refractivity contribution >= 4 is 23.3 Å². The fourth-order valence-corrected chi connectivity index (χ4v) is 4.91. The minimum atomic E-state index is -0.917. The van der Waals surface area contributed by atoms with Crippen molar-refractivity contribution in [2.45, 2.75) is 51.6 Å².